The van der Waals surface area contributed by atoms with E-state index >= 15 is 0 Å². The van der Waals surface area contributed by atoms with Crippen molar-refractivity contribution in [2.45, 2.75) is 37.6 Å². The molecule has 0 aliphatic carbocycles. The lowest BCUT2D eigenvalue weighted by atomic mass is 10.2. The van der Waals surface area contributed by atoms with Gasteiger partial charge in [0, 0.05) is 16.8 Å². The van der Waals surface area contributed by atoms with Crippen LogP contribution in [0.15, 0.2) is 32.6 Å². The summed E-state index contributed by atoms with van der Waals surface area (Å²) in [6, 6.07) is 5.63. The van der Waals surface area contributed by atoms with Crippen LogP contribution in [0.2, 0.25) is 0 Å². The first kappa shape index (κ1) is 17.0. The quantitative estimate of drug-likeness (QED) is 0.570. The maximum Gasteiger partial charge on any atom is 0.262 e. The highest BCUT2D eigenvalue weighted by Crippen LogP contribution is 2.23. The molecule has 0 spiro atoms. The van der Waals surface area contributed by atoms with Crippen molar-refractivity contribution in [1.29, 1.82) is 0 Å². The molecule has 0 saturated carbocycles. The molecule has 0 bridgehead atoms. The first-order valence-corrected chi connectivity index (χ1v) is 9.49. The third-order valence-corrected chi connectivity index (χ3v) is 5.30. The lowest BCUT2D eigenvalue weighted by molar-refractivity contribution is -0.130. The van der Waals surface area contributed by atoms with Gasteiger partial charge in [0.1, 0.15) is 6.79 Å². The van der Waals surface area contributed by atoms with E-state index < -0.39 is 0 Å². The fourth-order valence-corrected chi connectivity index (χ4v) is 3.96. The van der Waals surface area contributed by atoms with Crippen LogP contribution < -0.4 is 5.56 Å². The van der Waals surface area contributed by atoms with Gasteiger partial charge in [-0.3, -0.25) is 9.36 Å². The molecule has 1 fully saturated rings. The molecule has 1 aromatic carbocycles. The summed E-state index contributed by atoms with van der Waals surface area (Å²) in [4.78, 5) is 17.5. The Morgan fingerprint density at radius 3 is 3.09 bits per heavy atom. The van der Waals surface area contributed by atoms with Gasteiger partial charge in [0.05, 0.1) is 23.6 Å². The number of hydrogen-bond donors (Lipinski definition) is 0. The Bertz CT molecular complexity index is 744. The fourth-order valence-electron chi connectivity index (χ4n) is 2.50. The van der Waals surface area contributed by atoms with Gasteiger partial charge in [0.25, 0.3) is 5.56 Å². The van der Waals surface area contributed by atoms with Gasteiger partial charge in [-0.25, -0.2) is 4.98 Å². The van der Waals surface area contributed by atoms with E-state index in [4.69, 9.17) is 14.5 Å². The van der Waals surface area contributed by atoms with Crippen LogP contribution in [0.3, 0.4) is 0 Å². The first-order valence-electron chi connectivity index (χ1n) is 7.71. The van der Waals surface area contributed by atoms with Crippen LogP contribution in [0.4, 0.5) is 0 Å². The molecule has 1 aliphatic rings. The summed E-state index contributed by atoms with van der Waals surface area (Å²) >= 11 is 5.01. The average Bonchev–Trinajstić information content (AvgIpc) is 2.57. The number of aromatic nitrogens is 2. The van der Waals surface area contributed by atoms with Crippen molar-refractivity contribution in [3.8, 4) is 0 Å². The first-order chi connectivity index (χ1) is 11.2. The molecule has 0 N–H and O–H groups in total. The minimum atomic E-state index is 0.0218. The minimum Gasteiger partial charge on any atom is -0.355 e. The summed E-state index contributed by atoms with van der Waals surface area (Å²) in [5.74, 6) is 0.779. The van der Waals surface area contributed by atoms with Crippen LogP contribution >= 0.6 is 27.7 Å². The molecule has 1 atom stereocenters. The van der Waals surface area contributed by atoms with Crippen LogP contribution in [-0.4, -0.2) is 34.8 Å². The largest absolute Gasteiger partial charge is 0.355 e. The van der Waals surface area contributed by atoms with E-state index in [2.05, 4.69) is 22.9 Å². The van der Waals surface area contributed by atoms with Crippen molar-refractivity contribution in [3.63, 3.8) is 0 Å². The Hall–Kier alpha value is -0.890. The Morgan fingerprint density at radius 2 is 2.35 bits per heavy atom. The highest BCUT2D eigenvalue weighted by molar-refractivity contribution is 9.10. The van der Waals surface area contributed by atoms with E-state index in [1.54, 1.807) is 16.3 Å². The lowest BCUT2D eigenvalue weighted by Crippen LogP contribution is -2.27. The molecule has 1 saturated heterocycles. The van der Waals surface area contributed by atoms with E-state index in [9.17, 15) is 4.79 Å². The molecule has 1 aromatic heterocycles. The standard InChI is InChI=1S/C16H19BrN2O3S/c1-2-6-19-15(20)13-8-11(17)3-4-14(13)18-16(19)23-9-12-5-7-21-10-22-12/h3-4,8,12H,2,5-7,9-10H2,1H3/t12-/m0/s1. The molecule has 2 aromatic rings. The maximum atomic E-state index is 12.8. The van der Waals surface area contributed by atoms with Gasteiger partial charge in [-0.15, -0.1) is 0 Å². The summed E-state index contributed by atoms with van der Waals surface area (Å²) < 4.78 is 13.4. The highest BCUT2D eigenvalue weighted by atomic mass is 79.9. The summed E-state index contributed by atoms with van der Waals surface area (Å²) in [6.45, 7) is 3.82. The van der Waals surface area contributed by atoms with Crippen molar-refractivity contribution in [2.75, 3.05) is 19.2 Å². The van der Waals surface area contributed by atoms with Gasteiger partial charge < -0.3 is 9.47 Å². The van der Waals surface area contributed by atoms with Crippen molar-refractivity contribution in [1.82, 2.24) is 9.55 Å². The van der Waals surface area contributed by atoms with Crippen molar-refractivity contribution < 1.29 is 9.47 Å². The zero-order chi connectivity index (χ0) is 16.2. The van der Waals surface area contributed by atoms with Gasteiger partial charge in [-0.1, -0.05) is 34.6 Å². The Balaban J connectivity index is 1.92. The summed E-state index contributed by atoms with van der Waals surface area (Å²) in [5.41, 5.74) is 0.759. The van der Waals surface area contributed by atoms with Gasteiger partial charge in [0.15, 0.2) is 5.16 Å². The maximum absolute atomic E-state index is 12.8. The molecule has 3 rings (SSSR count). The predicted octanol–water partition coefficient (Wildman–Crippen LogP) is 3.42. The number of halogens is 1. The number of nitrogens with zero attached hydrogens (tertiary/aromatic N) is 2. The number of ether oxygens (including phenoxy) is 2. The summed E-state index contributed by atoms with van der Waals surface area (Å²) in [7, 11) is 0. The van der Waals surface area contributed by atoms with Crippen molar-refractivity contribution in [2.24, 2.45) is 0 Å². The second-order valence-corrected chi connectivity index (χ2v) is 7.33. The third-order valence-electron chi connectivity index (χ3n) is 3.70. The van der Waals surface area contributed by atoms with E-state index in [0.717, 1.165) is 40.3 Å². The smallest absolute Gasteiger partial charge is 0.262 e. The number of rotatable bonds is 5. The SMILES string of the molecule is CCCn1c(SC[C@@H]2CCOCO2)nc2ccc(Br)cc2c1=O. The van der Waals surface area contributed by atoms with Crippen LogP contribution in [0, 0.1) is 0 Å². The predicted molar refractivity (Wildman–Crippen MR) is 95.0 cm³/mol. The number of thioether (sulfide) groups is 1. The molecule has 7 heteroatoms. The topological polar surface area (TPSA) is 53.4 Å². The van der Waals surface area contributed by atoms with Crippen LogP contribution in [0.1, 0.15) is 19.8 Å². The van der Waals surface area contributed by atoms with Gasteiger partial charge in [0.2, 0.25) is 0 Å². The minimum absolute atomic E-state index is 0.0218. The second-order valence-electron chi connectivity index (χ2n) is 5.43. The molecule has 124 valence electrons. The molecular formula is C16H19BrN2O3S. The van der Waals surface area contributed by atoms with E-state index in [1.165, 1.54) is 0 Å². The van der Waals surface area contributed by atoms with E-state index in [-0.39, 0.29) is 11.7 Å². The second kappa shape index (κ2) is 7.79. The van der Waals surface area contributed by atoms with Crippen LogP contribution in [-0.2, 0) is 16.0 Å². The number of benzene rings is 1. The van der Waals surface area contributed by atoms with Gasteiger partial charge in [-0.2, -0.15) is 0 Å². The van der Waals surface area contributed by atoms with Gasteiger partial charge in [-0.05, 0) is 31.0 Å². The molecular weight excluding hydrogens is 380 g/mol. The van der Waals surface area contributed by atoms with Crippen LogP contribution in [0.25, 0.3) is 10.9 Å². The van der Waals surface area contributed by atoms with Crippen molar-refractivity contribution in [3.05, 3.63) is 33.0 Å². The Labute approximate surface area is 147 Å². The number of fused-ring (bicyclic) bond motifs is 1. The summed E-state index contributed by atoms with van der Waals surface area (Å²) in [5, 5.41) is 1.42. The third kappa shape index (κ3) is 3.96. The number of hydrogen-bond acceptors (Lipinski definition) is 5. The van der Waals surface area contributed by atoms with Gasteiger partial charge >= 0.3 is 0 Å². The average molecular weight is 399 g/mol. The lowest BCUT2D eigenvalue weighted by Gasteiger charge is -2.22. The van der Waals surface area contributed by atoms with E-state index in [0.29, 0.717) is 18.7 Å². The zero-order valence-electron chi connectivity index (χ0n) is 13.0. The molecule has 2 heterocycles. The Kier molecular flexibility index (Phi) is 5.74. The molecule has 0 radical (unpaired) electrons. The molecule has 0 unspecified atom stereocenters. The zero-order valence-corrected chi connectivity index (χ0v) is 15.4. The van der Waals surface area contributed by atoms with Crippen LogP contribution in [0.5, 0.6) is 0 Å². The highest BCUT2D eigenvalue weighted by Gasteiger charge is 2.17. The molecule has 23 heavy (non-hydrogen) atoms. The molecule has 1 aliphatic heterocycles. The molecule has 0 amide bonds. The molecule has 5 nitrogen and oxygen atoms in total. The van der Waals surface area contributed by atoms with Crippen molar-refractivity contribution >= 4 is 38.6 Å². The fraction of sp³-hybridized carbons (Fsp3) is 0.500. The normalized spacial score (nSPS) is 18.4. The summed E-state index contributed by atoms with van der Waals surface area (Å²) in [6.07, 6.45) is 1.93. The monoisotopic (exact) mass is 398 g/mol. The van der Waals surface area contributed by atoms with E-state index in [1.807, 2.05) is 18.2 Å². The Morgan fingerprint density at radius 1 is 1.48 bits per heavy atom.